The number of methoxy groups -OCH3 is 1. The van der Waals surface area contributed by atoms with Gasteiger partial charge in [0.15, 0.2) is 5.60 Å². The third-order valence-corrected chi connectivity index (χ3v) is 5.27. The molecular formula is C16H27NO6. The standard InChI is InChI=1S/C16H27NO6/c1-10(2)16(20,11(3)22-4)15(19)23-9-12-5-7-17(21)8-6-13(18)14(12)17/h5,10-11,13-14,18,20H,6-9H2,1-4H3/t11-,13+,14-,16+,17-/m1/s1. The van der Waals surface area contributed by atoms with Gasteiger partial charge < -0.3 is 29.5 Å². The largest absolute Gasteiger partial charge is 0.632 e. The fraction of sp³-hybridized carbons (Fsp3) is 0.812. The van der Waals surface area contributed by atoms with Crippen molar-refractivity contribution in [3.63, 3.8) is 0 Å². The second-order valence-electron chi connectivity index (χ2n) is 6.87. The van der Waals surface area contributed by atoms with Crippen LogP contribution in [0.4, 0.5) is 0 Å². The number of nitrogens with zero attached hydrogens (tertiary/aromatic N) is 1. The average Bonchev–Trinajstić information content (AvgIpc) is 2.99. The van der Waals surface area contributed by atoms with Crippen LogP contribution in [0.15, 0.2) is 11.6 Å². The van der Waals surface area contributed by atoms with Crippen LogP contribution in [-0.2, 0) is 14.3 Å². The summed E-state index contributed by atoms with van der Waals surface area (Å²) in [4.78, 5) is 12.4. The number of aliphatic hydroxyl groups is 2. The summed E-state index contributed by atoms with van der Waals surface area (Å²) in [6.45, 7) is 5.61. The highest BCUT2D eigenvalue weighted by atomic mass is 16.6. The molecule has 5 atom stereocenters. The Morgan fingerprint density at radius 3 is 2.74 bits per heavy atom. The Hall–Kier alpha value is -0.990. The molecular weight excluding hydrogens is 302 g/mol. The van der Waals surface area contributed by atoms with Gasteiger partial charge in [0.25, 0.3) is 0 Å². The number of quaternary nitrogens is 1. The zero-order valence-corrected chi connectivity index (χ0v) is 14.2. The minimum atomic E-state index is -1.76. The number of hydrogen-bond acceptors (Lipinski definition) is 6. The highest BCUT2D eigenvalue weighted by molar-refractivity contribution is 5.80. The summed E-state index contributed by atoms with van der Waals surface area (Å²) in [5.41, 5.74) is -1.12. The maximum atomic E-state index is 12.5. The van der Waals surface area contributed by atoms with Gasteiger partial charge in [-0.25, -0.2) is 4.79 Å². The number of hydroxylamine groups is 3. The summed E-state index contributed by atoms with van der Waals surface area (Å²) in [5, 5.41) is 33.2. The fourth-order valence-corrected chi connectivity index (χ4v) is 3.57. The monoisotopic (exact) mass is 329 g/mol. The number of carbonyl (C=O) groups is 1. The van der Waals surface area contributed by atoms with Gasteiger partial charge in [-0.2, -0.15) is 0 Å². The number of ether oxygens (including phenoxy) is 2. The minimum Gasteiger partial charge on any atom is -0.632 e. The Morgan fingerprint density at radius 1 is 1.52 bits per heavy atom. The van der Waals surface area contributed by atoms with Gasteiger partial charge in [0.2, 0.25) is 0 Å². The first-order valence-corrected chi connectivity index (χ1v) is 8.04. The molecule has 1 saturated heterocycles. The topological polar surface area (TPSA) is 99.1 Å². The summed E-state index contributed by atoms with van der Waals surface area (Å²) in [6.07, 6.45) is 0.762. The first-order valence-electron chi connectivity index (χ1n) is 8.04. The average molecular weight is 329 g/mol. The predicted molar refractivity (Wildman–Crippen MR) is 83.1 cm³/mol. The smallest absolute Gasteiger partial charge is 0.341 e. The van der Waals surface area contributed by atoms with E-state index in [1.165, 1.54) is 7.11 Å². The molecule has 0 aromatic heterocycles. The Balaban J connectivity index is 2.04. The molecule has 2 aliphatic rings. The number of carbonyl (C=O) groups excluding carboxylic acids is 1. The SMILES string of the molecule is CO[C@H](C)[C@](O)(C(=O)OCC1=CC[N@@+]2([O-])CC[C@H](O)[C@@H]12)C(C)C. The highest BCUT2D eigenvalue weighted by Gasteiger charge is 2.49. The number of aliphatic hydroxyl groups excluding tert-OH is 1. The Labute approximate surface area is 136 Å². The molecule has 23 heavy (non-hydrogen) atoms. The normalized spacial score (nSPS) is 34.0. The molecule has 0 aliphatic carbocycles. The summed E-state index contributed by atoms with van der Waals surface area (Å²) in [7, 11) is 1.42. The minimum absolute atomic E-state index is 0.0890. The van der Waals surface area contributed by atoms with Gasteiger partial charge >= 0.3 is 5.97 Å². The summed E-state index contributed by atoms with van der Waals surface area (Å²) in [5.74, 6) is -1.17. The molecule has 0 aromatic carbocycles. The zero-order chi connectivity index (χ0) is 17.4. The van der Waals surface area contributed by atoms with Crippen molar-refractivity contribution < 1.29 is 29.1 Å². The van der Waals surface area contributed by atoms with E-state index in [2.05, 4.69) is 0 Å². The van der Waals surface area contributed by atoms with Crippen molar-refractivity contribution >= 4 is 5.97 Å². The van der Waals surface area contributed by atoms with E-state index in [-0.39, 0.29) is 13.2 Å². The van der Waals surface area contributed by atoms with E-state index in [4.69, 9.17) is 9.47 Å². The molecule has 1 fully saturated rings. The van der Waals surface area contributed by atoms with Crippen molar-refractivity contribution in [2.24, 2.45) is 5.92 Å². The van der Waals surface area contributed by atoms with Crippen LogP contribution in [0.5, 0.6) is 0 Å². The Kier molecular flexibility index (Phi) is 5.18. The molecule has 0 aromatic rings. The van der Waals surface area contributed by atoms with E-state index in [0.717, 1.165) is 0 Å². The molecule has 2 rings (SSSR count). The molecule has 0 unspecified atom stereocenters. The molecule has 0 radical (unpaired) electrons. The molecule has 0 saturated carbocycles. The lowest BCUT2D eigenvalue weighted by atomic mass is 9.85. The van der Waals surface area contributed by atoms with Crippen LogP contribution >= 0.6 is 0 Å². The second-order valence-corrected chi connectivity index (χ2v) is 6.87. The molecule has 0 bridgehead atoms. The molecule has 2 N–H and O–H groups in total. The van der Waals surface area contributed by atoms with Gasteiger partial charge in [-0.1, -0.05) is 13.8 Å². The molecule has 7 heteroatoms. The third-order valence-electron chi connectivity index (χ3n) is 5.27. The number of rotatable bonds is 6. The lowest BCUT2D eigenvalue weighted by Crippen LogP contribution is -2.54. The maximum absolute atomic E-state index is 12.5. The molecule has 7 nitrogen and oxygen atoms in total. The Bertz CT molecular complexity index is 493. The Morgan fingerprint density at radius 2 is 2.17 bits per heavy atom. The van der Waals surface area contributed by atoms with Gasteiger partial charge in [-0.15, -0.1) is 0 Å². The molecule has 2 heterocycles. The fourth-order valence-electron chi connectivity index (χ4n) is 3.57. The van der Waals surface area contributed by atoms with Gasteiger partial charge in [0.1, 0.15) is 18.8 Å². The predicted octanol–water partition coefficient (Wildman–Crippen LogP) is 0.339. The van der Waals surface area contributed by atoms with E-state index >= 15 is 0 Å². The van der Waals surface area contributed by atoms with E-state index in [1.807, 2.05) is 0 Å². The van der Waals surface area contributed by atoms with Crippen molar-refractivity contribution in [3.05, 3.63) is 16.9 Å². The first kappa shape index (κ1) is 18.4. The van der Waals surface area contributed by atoms with Crippen molar-refractivity contribution in [2.45, 2.75) is 51.0 Å². The third kappa shape index (κ3) is 3.04. The number of esters is 1. The van der Waals surface area contributed by atoms with Gasteiger partial charge in [-0.3, -0.25) is 0 Å². The van der Waals surface area contributed by atoms with Crippen molar-refractivity contribution in [3.8, 4) is 0 Å². The molecule has 132 valence electrons. The van der Waals surface area contributed by atoms with Gasteiger partial charge in [0.05, 0.1) is 19.2 Å². The van der Waals surface area contributed by atoms with Crippen LogP contribution in [0.2, 0.25) is 0 Å². The van der Waals surface area contributed by atoms with E-state index in [1.54, 1.807) is 26.8 Å². The van der Waals surface area contributed by atoms with Crippen molar-refractivity contribution in [1.29, 1.82) is 0 Å². The summed E-state index contributed by atoms with van der Waals surface area (Å²) in [6, 6.07) is -0.560. The maximum Gasteiger partial charge on any atom is 0.341 e. The van der Waals surface area contributed by atoms with Crippen molar-refractivity contribution in [1.82, 2.24) is 0 Å². The highest BCUT2D eigenvalue weighted by Crippen LogP contribution is 2.36. The van der Waals surface area contributed by atoms with Gasteiger partial charge in [-0.05, 0) is 18.9 Å². The number of fused-ring (bicyclic) bond motifs is 1. The molecule has 0 spiro atoms. The van der Waals surface area contributed by atoms with Crippen LogP contribution < -0.4 is 0 Å². The lowest BCUT2D eigenvalue weighted by Gasteiger charge is -2.40. The summed E-state index contributed by atoms with van der Waals surface area (Å²) >= 11 is 0. The first-order chi connectivity index (χ1) is 10.7. The van der Waals surface area contributed by atoms with Crippen LogP contribution in [0.25, 0.3) is 0 Å². The molecule has 2 aliphatic heterocycles. The second kappa shape index (κ2) is 6.49. The quantitative estimate of drug-likeness (QED) is 0.315. The number of hydrogen-bond donors (Lipinski definition) is 2. The van der Waals surface area contributed by atoms with E-state index in [0.29, 0.717) is 18.5 Å². The van der Waals surface area contributed by atoms with E-state index in [9.17, 15) is 20.2 Å². The summed E-state index contributed by atoms with van der Waals surface area (Å²) < 4.78 is 9.92. The van der Waals surface area contributed by atoms with Crippen LogP contribution in [-0.4, -0.2) is 71.5 Å². The van der Waals surface area contributed by atoms with Crippen molar-refractivity contribution in [2.75, 3.05) is 26.8 Å². The van der Waals surface area contributed by atoms with Crippen LogP contribution in [0.3, 0.4) is 0 Å². The molecule has 0 amide bonds. The zero-order valence-electron chi connectivity index (χ0n) is 14.2. The van der Waals surface area contributed by atoms with Crippen LogP contribution in [0.1, 0.15) is 27.2 Å². The van der Waals surface area contributed by atoms with E-state index < -0.39 is 40.4 Å². The van der Waals surface area contributed by atoms with Gasteiger partial charge in [0, 0.05) is 19.1 Å². The lowest BCUT2D eigenvalue weighted by molar-refractivity contribution is -0.877. The van der Waals surface area contributed by atoms with Crippen LogP contribution in [0, 0.1) is 11.1 Å².